The number of aromatic amines is 2. The van der Waals surface area contributed by atoms with Crippen molar-refractivity contribution in [3.8, 4) is 0 Å². The van der Waals surface area contributed by atoms with E-state index < -0.39 is 0 Å². The highest BCUT2D eigenvalue weighted by atomic mass is 79.9. The number of nitrogens with zero attached hydrogens (tertiary/aromatic N) is 2. The van der Waals surface area contributed by atoms with Crippen LogP contribution < -0.4 is 0 Å². The number of H-pyrrole nitrogens is 2. The van der Waals surface area contributed by atoms with Gasteiger partial charge >= 0.3 is 0 Å². The van der Waals surface area contributed by atoms with Crippen molar-refractivity contribution in [2.75, 3.05) is 0 Å². The van der Waals surface area contributed by atoms with Crippen molar-refractivity contribution in [2.45, 2.75) is 90.9 Å². The van der Waals surface area contributed by atoms with Crippen molar-refractivity contribution >= 4 is 78.2 Å². The Bertz CT molecular complexity index is 1480. The van der Waals surface area contributed by atoms with Crippen molar-refractivity contribution in [3.05, 3.63) is 67.1 Å². The van der Waals surface area contributed by atoms with E-state index in [4.69, 9.17) is 9.97 Å². The van der Waals surface area contributed by atoms with E-state index in [2.05, 4.69) is 118 Å². The molecule has 40 heavy (non-hydrogen) atoms. The van der Waals surface area contributed by atoms with Crippen LogP contribution in [0.3, 0.4) is 0 Å². The lowest BCUT2D eigenvalue weighted by molar-refractivity contribution is 0.570. The largest absolute Gasteiger partial charge is 0.354 e. The molecule has 5 heterocycles. The van der Waals surface area contributed by atoms with Crippen LogP contribution in [0.2, 0.25) is 0 Å². The summed E-state index contributed by atoms with van der Waals surface area (Å²) in [5.41, 5.74) is 10.9. The molecule has 2 aliphatic rings. The van der Waals surface area contributed by atoms with Crippen LogP contribution in [0.15, 0.2) is 33.2 Å². The summed E-state index contributed by atoms with van der Waals surface area (Å²) in [6.45, 7) is 9.11. The first-order valence-corrected chi connectivity index (χ1v) is 16.5. The third-order valence-corrected chi connectivity index (χ3v) is 9.99. The molecular weight excluding hydrogens is 624 g/mol. The van der Waals surface area contributed by atoms with Gasteiger partial charge in [-0.2, -0.15) is 0 Å². The van der Waals surface area contributed by atoms with E-state index in [1.165, 1.54) is 36.8 Å². The molecule has 2 aliphatic heterocycles. The van der Waals surface area contributed by atoms with Gasteiger partial charge in [-0.1, -0.05) is 53.4 Å². The average molecular weight is 665 g/mol. The minimum absolute atomic E-state index is 0.428. The molecule has 5 rings (SSSR count). The van der Waals surface area contributed by atoms with Crippen LogP contribution in [0.4, 0.5) is 0 Å². The zero-order chi connectivity index (χ0) is 28.2. The first kappa shape index (κ1) is 29.1. The highest BCUT2D eigenvalue weighted by Gasteiger charge is 2.21. The van der Waals surface area contributed by atoms with Crippen molar-refractivity contribution < 1.29 is 0 Å². The smallest absolute Gasteiger partial charge is 0.0801 e. The number of hydrogen-bond acceptors (Lipinski definition) is 2. The minimum Gasteiger partial charge on any atom is -0.354 e. The number of nitrogens with one attached hydrogen (secondary N) is 2. The number of unbranched alkanes of at least 4 members (excludes halogenated alkanes) is 2. The highest BCUT2D eigenvalue weighted by Crippen LogP contribution is 2.37. The number of halogens is 2. The number of fused-ring (bicyclic) bond motifs is 8. The Labute approximate surface area is 255 Å². The number of rotatable bonds is 10. The summed E-state index contributed by atoms with van der Waals surface area (Å²) in [4.78, 5) is 17.9. The van der Waals surface area contributed by atoms with Gasteiger partial charge in [-0.3, -0.25) is 0 Å². The fraction of sp³-hybridized carbons (Fsp3) is 0.412. The highest BCUT2D eigenvalue weighted by molar-refractivity contribution is 9.11. The summed E-state index contributed by atoms with van der Waals surface area (Å²) in [5, 5.41) is 0. The fourth-order valence-corrected chi connectivity index (χ4v) is 6.95. The second-order valence-electron chi connectivity index (χ2n) is 11.0. The van der Waals surface area contributed by atoms with Crippen LogP contribution in [-0.2, 0) is 0 Å². The molecule has 2 N–H and O–H groups in total. The molecule has 0 fully saturated rings. The lowest BCUT2D eigenvalue weighted by atomic mass is 9.90. The number of hydrogen-bond donors (Lipinski definition) is 2. The maximum absolute atomic E-state index is 5.18. The van der Waals surface area contributed by atoms with Gasteiger partial charge in [0, 0.05) is 22.2 Å². The van der Waals surface area contributed by atoms with Gasteiger partial charge in [-0.05, 0) is 118 Å². The molecule has 0 saturated heterocycles. The summed E-state index contributed by atoms with van der Waals surface area (Å²) in [7, 11) is 0. The van der Waals surface area contributed by atoms with E-state index >= 15 is 0 Å². The third kappa shape index (κ3) is 5.80. The molecule has 0 radical (unpaired) electrons. The van der Waals surface area contributed by atoms with Crippen LogP contribution in [-0.4, -0.2) is 19.9 Å². The van der Waals surface area contributed by atoms with E-state index in [-0.39, 0.29) is 0 Å². The molecule has 6 heteroatoms. The monoisotopic (exact) mass is 662 g/mol. The molecule has 0 aliphatic carbocycles. The molecule has 0 spiro atoms. The summed E-state index contributed by atoms with van der Waals surface area (Å²) < 4.78 is 1.97. The Morgan fingerprint density at radius 2 is 0.975 bits per heavy atom. The second-order valence-corrected chi connectivity index (χ2v) is 12.5. The zero-order valence-electron chi connectivity index (χ0n) is 24.1. The Morgan fingerprint density at radius 1 is 0.575 bits per heavy atom. The van der Waals surface area contributed by atoms with Crippen molar-refractivity contribution in [3.63, 3.8) is 0 Å². The summed E-state index contributed by atoms with van der Waals surface area (Å²) >= 11 is 7.82. The zero-order valence-corrected chi connectivity index (χ0v) is 27.3. The van der Waals surface area contributed by atoms with Gasteiger partial charge in [0.2, 0.25) is 0 Å². The second kappa shape index (κ2) is 13.0. The summed E-state index contributed by atoms with van der Waals surface area (Å²) in [5.74, 6) is 0.857. The Kier molecular flexibility index (Phi) is 9.47. The molecule has 210 valence electrons. The Balaban J connectivity index is 1.87. The van der Waals surface area contributed by atoms with Gasteiger partial charge < -0.3 is 9.97 Å². The molecule has 3 aromatic heterocycles. The van der Waals surface area contributed by atoms with Crippen LogP contribution in [0.25, 0.3) is 46.4 Å². The predicted molar refractivity (Wildman–Crippen MR) is 179 cm³/mol. The molecule has 8 bridgehead atoms. The predicted octanol–water partition coefficient (Wildman–Crippen LogP) is 11.5. The molecule has 2 atom stereocenters. The van der Waals surface area contributed by atoms with E-state index in [0.717, 1.165) is 79.5 Å². The van der Waals surface area contributed by atoms with Crippen LogP contribution in [0.5, 0.6) is 0 Å². The van der Waals surface area contributed by atoms with Crippen molar-refractivity contribution in [1.82, 2.24) is 19.9 Å². The standard InChI is InChI=1S/C34H40Br2N4/c1-5-9-11-21(7-3)31-23-13-17-27(37-23)33(35)29-19-15-25(39-29)32(22(8-4)12-10-6-2)26-16-20-30(40-26)34(36)28-18-14-24(31)38-28/h13-22,37,39H,5-12H2,1-4H3. The summed E-state index contributed by atoms with van der Waals surface area (Å²) in [6.07, 6.45) is 17.8. The molecule has 3 aromatic rings. The van der Waals surface area contributed by atoms with Gasteiger partial charge in [0.25, 0.3) is 0 Å². The molecule has 4 nitrogen and oxygen atoms in total. The van der Waals surface area contributed by atoms with Crippen molar-refractivity contribution in [1.29, 1.82) is 0 Å². The first-order valence-electron chi connectivity index (χ1n) is 15.0. The topological polar surface area (TPSA) is 57.4 Å². The van der Waals surface area contributed by atoms with Gasteiger partial charge in [0.15, 0.2) is 0 Å². The van der Waals surface area contributed by atoms with E-state index in [1.807, 2.05) is 0 Å². The van der Waals surface area contributed by atoms with E-state index in [1.54, 1.807) is 0 Å². The normalized spacial score (nSPS) is 14.2. The number of aromatic nitrogens is 4. The Hall–Kier alpha value is -2.44. The fourth-order valence-electron chi connectivity index (χ4n) is 6.05. The van der Waals surface area contributed by atoms with Crippen molar-refractivity contribution in [2.24, 2.45) is 0 Å². The lowest BCUT2D eigenvalue weighted by Gasteiger charge is -2.16. The maximum atomic E-state index is 5.18. The first-order chi connectivity index (χ1) is 19.5. The Morgan fingerprint density at radius 3 is 1.38 bits per heavy atom. The third-order valence-electron chi connectivity index (χ3n) is 8.32. The minimum atomic E-state index is 0.428. The van der Waals surface area contributed by atoms with Crippen LogP contribution in [0.1, 0.15) is 125 Å². The van der Waals surface area contributed by atoms with Gasteiger partial charge in [-0.25, -0.2) is 9.97 Å². The lowest BCUT2D eigenvalue weighted by Crippen LogP contribution is -2.01. The van der Waals surface area contributed by atoms with Crippen LogP contribution >= 0.6 is 31.9 Å². The summed E-state index contributed by atoms with van der Waals surface area (Å²) in [6, 6.07) is 8.80. The van der Waals surface area contributed by atoms with Gasteiger partial charge in [0.1, 0.15) is 0 Å². The molecular formula is C34H40Br2N4. The van der Waals surface area contributed by atoms with E-state index in [0.29, 0.717) is 11.8 Å². The quantitative estimate of drug-likeness (QED) is 0.156. The van der Waals surface area contributed by atoms with E-state index in [9.17, 15) is 0 Å². The molecule has 0 saturated carbocycles. The van der Waals surface area contributed by atoms with Gasteiger partial charge in [-0.15, -0.1) is 0 Å². The molecule has 0 amide bonds. The molecule has 2 unspecified atom stereocenters. The average Bonchev–Trinajstić information content (AvgIpc) is 3.79. The van der Waals surface area contributed by atoms with Gasteiger partial charge in [0.05, 0.1) is 42.8 Å². The molecule has 0 aromatic carbocycles. The van der Waals surface area contributed by atoms with Crippen LogP contribution in [0, 0.1) is 0 Å². The maximum Gasteiger partial charge on any atom is 0.0801 e. The SMILES string of the molecule is CCCCC(CC)c1c2nc(c(Br)c3nc(c(C(CC)CCCC)c4ccc([nH]4)c(Br)c4ccc1[nH]4)C=C3)C=C2.